The van der Waals surface area contributed by atoms with E-state index in [0.717, 1.165) is 21.6 Å². The summed E-state index contributed by atoms with van der Waals surface area (Å²) in [5.41, 5.74) is 6.13. The Balaban J connectivity index is 1.85. The van der Waals surface area contributed by atoms with Gasteiger partial charge in [0.2, 0.25) is 0 Å². The number of halogens is 1. The fourth-order valence-electron chi connectivity index (χ4n) is 3.97. The monoisotopic (exact) mass is 511 g/mol. The largest absolute Gasteiger partial charge is 0.442 e. The van der Waals surface area contributed by atoms with Crippen LogP contribution < -0.4 is 5.73 Å². The Hall–Kier alpha value is -2.80. The first-order chi connectivity index (χ1) is 16.5. The number of carbonyl (C=O) groups is 2. The van der Waals surface area contributed by atoms with Gasteiger partial charge in [0.1, 0.15) is 11.9 Å². The number of aldehydes is 1. The third kappa shape index (κ3) is 7.10. The van der Waals surface area contributed by atoms with Gasteiger partial charge in [0, 0.05) is 38.6 Å². The topological polar surface area (TPSA) is 89.6 Å². The Labute approximate surface area is 215 Å². The zero-order valence-corrected chi connectivity index (χ0v) is 21.6. The molecule has 2 atom stereocenters. The smallest absolute Gasteiger partial charge is 0.405 e. The number of rotatable bonds is 9. The van der Waals surface area contributed by atoms with E-state index < -0.39 is 23.2 Å². The number of amides is 1. The number of benzene rings is 3. The van der Waals surface area contributed by atoms with Crippen molar-refractivity contribution in [3.63, 3.8) is 0 Å². The number of carbonyl (C=O) groups excluding carboxylic acids is 2. The van der Waals surface area contributed by atoms with E-state index in [-0.39, 0.29) is 6.42 Å². The molecule has 0 saturated carbocycles. The maximum absolute atomic E-state index is 12.0. The van der Waals surface area contributed by atoms with Crippen molar-refractivity contribution in [1.29, 1.82) is 0 Å². The highest BCUT2D eigenvalue weighted by Gasteiger charge is 2.47. The lowest BCUT2D eigenvalue weighted by Gasteiger charge is -2.45. The minimum atomic E-state index is -1.07. The fraction of sp³-hybridized carbons (Fsp3) is 0.286. The number of aliphatic hydroxyl groups is 1. The first kappa shape index (κ1) is 26.8. The standard InChI is InChI=1S/C28H30ClNO4S/c1-27(2,3)28(34-26(30)33,17-25(32)21-5-4-6-22(29)15-21)16-19-7-11-23(12-8-19)35-24-13-9-20(18-31)10-14-24/h4-15,18,25,32H,16-17H2,1-3H3,(H2,30,33)/t25-,28?/m1/s1. The summed E-state index contributed by atoms with van der Waals surface area (Å²) in [6.07, 6.45) is -0.446. The minimum Gasteiger partial charge on any atom is -0.442 e. The second-order valence-electron chi connectivity index (χ2n) is 9.55. The van der Waals surface area contributed by atoms with Crippen LogP contribution in [0.1, 0.15) is 54.8 Å². The molecule has 35 heavy (non-hydrogen) atoms. The van der Waals surface area contributed by atoms with Crippen molar-refractivity contribution in [2.75, 3.05) is 0 Å². The number of ether oxygens (including phenoxy) is 1. The van der Waals surface area contributed by atoms with E-state index in [1.165, 1.54) is 0 Å². The molecule has 3 aromatic rings. The molecule has 3 rings (SSSR count). The van der Waals surface area contributed by atoms with Crippen molar-refractivity contribution in [2.24, 2.45) is 11.1 Å². The number of nitrogens with two attached hydrogens (primary N) is 1. The van der Waals surface area contributed by atoms with Crippen molar-refractivity contribution in [3.8, 4) is 0 Å². The number of hydrogen-bond acceptors (Lipinski definition) is 5. The summed E-state index contributed by atoms with van der Waals surface area (Å²) >= 11 is 7.70. The summed E-state index contributed by atoms with van der Waals surface area (Å²) in [6.45, 7) is 5.90. The van der Waals surface area contributed by atoms with Crippen molar-refractivity contribution in [2.45, 2.75) is 55.1 Å². The van der Waals surface area contributed by atoms with Gasteiger partial charge >= 0.3 is 6.09 Å². The molecular weight excluding hydrogens is 482 g/mol. The van der Waals surface area contributed by atoms with Crippen molar-refractivity contribution in [3.05, 3.63) is 94.5 Å². The summed E-state index contributed by atoms with van der Waals surface area (Å²) < 4.78 is 5.79. The summed E-state index contributed by atoms with van der Waals surface area (Å²) in [4.78, 5) is 24.9. The predicted octanol–water partition coefficient (Wildman–Crippen LogP) is 6.85. The lowest BCUT2D eigenvalue weighted by molar-refractivity contribution is -0.0931. The van der Waals surface area contributed by atoms with Gasteiger partial charge in [0.15, 0.2) is 0 Å². The van der Waals surface area contributed by atoms with E-state index in [2.05, 4.69) is 0 Å². The molecule has 5 nitrogen and oxygen atoms in total. The predicted molar refractivity (Wildman–Crippen MR) is 140 cm³/mol. The van der Waals surface area contributed by atoms with Crippen molar-refractivity contribution < 1.29 is 19.4 Å². The maximum atomic E-state index is 12.0. The quantitative estimate of drug-likeness (QED) is 0.306. The highest BCUT2D eigenvalue weighted by atomic mass is 35.5. The van der Waals surface area contributed by atoms with Crippen molar-refractivity contribution >= 4 is 35.7 Å². The Morgan fingerprint density at radius 2 is 1.66 bits per heavy atom. The summed E-state index contributed by atoms with van der Waals surface area (Å²) in [5, 5.41) is 11.6. The van der Waals surface area contributed by atoms with Gasteiger partial charge in [-0.15, -0.1) is 0 Å². The van der Waals surface area contributed by atoms with E-state index in [4.69, 9.17) is 22.1 Å². The average molecular weight is 512 g/mol. The summed E-state index contributed by atoms with van der Waals surface area (Å²) in [5.74, 6) is 0. The van der Waals surface area contributed by atoms with Crippen LogP contribution in [0.15, 0.2) is 82.6 Å². The molecule has 3 N–H and O–H groups in total. The zero-order chi connectivity index (χ0) is 25.6. The van der Waals surface area contributed by atoms with Crippen LogP contribution in [-0.2, 0) is 11.2 Å². The molecule has 0 bridgehead atoms. The molecule has 0 radical (unpaired) electrons. The van der Waals surface area contributed by atoms with E-state index in [9.17, 15) is 14.7 Å². The first-order valence-electron chi connectivity index (χ1n) is 11.3. The molecule has 1 unspecified atom stereocenters. The van der Waals surface area contributed by atoms with Gasteiger partial charge in [-0.2, -0.15) is 0 Å². The maximum Gasteiger partial charge on any atom is 0.405 e. The SMILES string of the molecule is CC(C)(C)C(Cc1ccc(Sc2ccc(C=O)cc2)cc1)(C[C@@H](O)c1cccc(Cl)c1)OC(N)=O. The Morgan fingerprint density at radius 3 is 2.17 bits per heavy atom. The van der Waals surface area contributed by atoms with Crippen LogP contribution in [0.2, 0.25) is 5.02 Å². The molecule has 0 aliphatic heterocycles. The molecular formula is C28H30ClNO4S. The average Bonchev–Trinajstić information content (AvgIpc) is 2.79. The Kier molecular flexibility index (Phi) is 8.65. The van der Waals surface area contributed by atoms with Crippen molar-refractivity contribution in [1.82, 2.24) is 0 Å². The molecule has 0 saturated heterocycles. The highest BCUT2D eigenvalue weighted by Crippen LogP contribution is 2.43. The van der Waals surface area contributed by atoms with Gasteiger partial charge < -0.3 is 15.6 Å². The van der Waals surface area contributed by atoms with Crippen LogP contribution in [0.3, 0.4) is 0 Å². The molecule has 0 aromatic heterocycles. The van der Waals surface area contributed by atoms with Crippen LogP contribution in [0, 0.1) is 5.41 Å². The lowest BCUT2D eigenvalue weighted by Crippen LogP contribution is -2.51. The van der Waals surface area contributed by atoms with E-state index in [1.54, 1.807) is 48.2 Å². The minimum absolute atomic E-state index is 0.152. The van der Waals surface area contributed by atoms with Crippen LogP contribution in [-0.4, -0.2) is 23.1 Å². The molecule has 0 spiro atoms. The van der Waals surface area contributed by atoms with Crippen LogP contribution in [0.25, 0.3) is 0 Å². The lowest BCUT2D eigenvalue weighted by atomic mass is 9.69. The number of hydrogen-bond donors (Lipinski definition) is 2. The van der Waals surface area contributed by atoms with Crippen LogP contribution in [0.5, 0.6) is 0 Å². The second kappa shape index (κ2) is 11.3. The van der Waals surface area contributed by atoms with Gasteiger partial charge in [0.05, 0.1) is 6.10 Å². The van der Waals surface area contributed by atoms with Gasteiger partial charge in [-0.25, -0.2) is 4.79 Å². The second-order valence-corrected chi connectivity index (χ2v) is 11.1. The Morgan fingerprint density at radius 1 is 1.06 bits per heavy atom. The van der Waals surface area contributed by atoms with Gasteiger partial charge in [-0.3, -0.25) is 4.79 Å². The number of primary amides is 1. The third-order valence-electron chi connectivity index (χ3n) is 6.08. The van der Waals surface area contributed by atoms with Gasteiger partial charge in [0.25, 0.3) is 0 Å². The van der Waals surface area contributed by atoms with Crippen LogP contribution >= 0.6 is 23.4 Å². The van der Waals surface area contributed by atoms with E-state index >= 15 is 0 Å². The van der Waals surface area contributed by atoms with Crippen LogP contribution in [0.4, 0.5) is 4.79 Å². The normalized spacial score (nSPS) is 14.1. The molecule has 0 aliphatic carbocycles. The molecule has 7 heteroatoms. The van der Waals surface area contributed by atoms with Gasteiger partial charge in [-0.1, -0.05) is 80.5 Å². The zero-order valence-electron chi connectivity index (χ0n) is 20.0. The van der Waals surface area contributed by atoms with Gasteiger partial charge in [-0.05, 0) is 47.5 Å². The molecule has 1 amide bonds. The first-order valence-corrected chi connectivity index (χ1v) is 12.4. The highest BCUT2D eigenvalue weighted by molar-refractivity contribution is 7.99. The number of aliphatic hydroxyl groups excluding tert-OH is 1. The molecule has 184 valence electrons. The molecule has 0 fully saturated rings. The van der Waals surface area contributed by atoms with E-state index in [1.807, 2.05) is 57.2 Å². The summed E-state index contributed by atoms with van der Waals surface area (Å²) in [6, 6.07) is 22.4. The molecule has 3 aromatic carbocycles. The molecule has 0 aliphatic rings. The third-order valence-corrected chi connectivity index (χ3v) is 7.34. The molecule has 0 heterocycles. The Bertz CT molecular complexity index is 1160. The fourth-order valence-corrected chi connectivity index (χ4v) is 4.98. The van der Waals surface area contributed by atoms with E-state index in [0.29, 0.717) is 22.6 Å². The summed E-state index contributed by atoms with van der Waals surface area (Å²) in [7, 11) is 0.